The molecule has 4 rings (SSSR count). The van der Waals surface area contributed by atoms with Gasteiger partial charge >= 0.3 is 0 Å². The van der Waals surface area contributed by atoms with Crippen molar-refractivity contribution in [1.29, 1.82) is 0 Å². The fourth-order valence-electron chi connectivity index (χ4n) is 5.17. The fourth-order valence-corrected chi connectivity index (χ4v) is 7.42. The maximum Gasteiger partial charge on any atom is 0.184 e. The zero-order valence-corrected chi connectivity index (χ0v) is 18.7. The van der Waals surface area contributed by atoms with Gasteiger partial charge in [0.15, 0.2) is 9.84 Å². The average Bonchev–Trinajstić information content (AvgIpc) is 2.76. The second-order valence-electron chi connectivity index (χ2n) is 8.81. The van der Waals surface area contributed by atoms with Crippen LogP contribution in [0.5, 0.6) is 5.75 Å². The van der Waals surface area contributed by atoms with Crippen LogP contribution in [0.3, 0.4) is 0 Å². The predicted octanol–water partition coefficient (Wildman–Crippen LogP) is 5.05. The highest BCUT2D eigenvalue weighted by atomic mass is 32.2. The molecule has 2 fully saturated rings. The summed E-state index contributed by atoms with van der Waals surface area (Å²) in [5, 5.41) is 0. The molecule has 1 saturated carbocycles. The van der Waals surface area contributed by atoms with Crippen LogP contribution in [0.2, 0.25) is 0 Å². The fraction of sp³-hybridized carbons (Fsp3) is 0.520. The molecule has 0 amide bonds. The third-order valence-corrected chi connectivity index (χ3v) is 9.81. The molecule has 5 heteroatoms. The normalized spacial score (nSPS) is 19.9. The van der Waals surface area contributed by atoms with Crippen LogP contribution >= 0.6 is 0 Å². The van der Waals surface area contributed by atoms with E-state index in [2.05, 4.69) is 17.0 Å². The van der Waals surface area contributed by atoms with Gasteiger partial charge in [-0.3, -0.25) is 0 Å². The molecule has 162 valence electrons. The van der Waals surface area contributed by atoms with Gasteiger partial charge in [0.2, 0.25) is 0 Å². The number of sulfone groups is 1. The summed E-state index contributed by atoms with van der Waals surface area (Å²) in [7, 11) is -1.51. The van der Waals surface area contributed by atoms with Crippen molar-refractivity contribution in [3.8, 4) is 5.75 Å². The number of benzene rings is 2. The van der Waals surface area contributed by atoms with Crippen LogP contribution in [0.4, 0.5) is 0 Å². The summed E-state index contributed by atoms with van der Waals surface area (Å²) in [6.45, 7) is 3.13. The smallest absolute Gasteiger partial charge is 0.184 e. The third-order valence-electron chi connectivity index (χ3n) is 7.16. The van der Waals surface area contributed by atoms with Gasteiger partial charge in [-0.15, -0.1) is 0 Å². The first-order valence-corrected chi connectivity index (χ1v) is 12.7. The van der Waals surface area contributed by atoms with E-state index < -0.39 is 14.6 Å². The Labute approximate surface area is 181 Å². The van der Waals surface area contributed by atoms with E-state index >= 15 is 0 Å². The molecule has 0 atom stereocenters. The maximum atomic E-state index is 13.3. The quantitative estimate of drug-likeness (QED) is 0.591. The van der Waals surface area contributed by atoms with Crippen molar-refractivity contribution in [3.05, 3.63) is 60.2 Å². The van der Waals surface area contributed by atoms with Gasteiger partial charge in [0.05, 0.1) is 16.8 Å². The van der Waals surface area contributed by atoms with Crippen molar-refractivity contribution in [1.82, 2.24) is 4.90 Å². The van der Waals surface area contributed by atoms with Crippen molar-refractivity contribution in [2.24, 2.45) is 0 Å². The summed E-state index contributed by atoms with van der Waals surface area (Å²) in [6.07, 6.45) is 6.63. The zero-order chi connectivity index (χ0) is 21.0. The van der Waals surface area contributed by atoms with Crippen molar-refractivity contribution in [3.63, 3.8) is 0 Å². The molecule has 0 spiro atoms. The standard InChI is InChI=1S/C25H33NO3S/c1-29-24-12-6-5-11-23(24)21-13-19-26(20-14-21)18-8-17-25(15-7-16-25)30(27,28)22-9-3-2-4-10-22/h2-6,9-12,21H,7-8,13-20H2,1H3. The lowest BCUT2D eigenvalue weighted by Crippen LogP contribution is -2.46. The second kappa shape index (κ2) is 9.11. The molecule has 1 aliphatic heterocycles. The SMILES string of the molecule is COc1ccccc1C1CCN(CCCC2(S(=O)(=O)c3ccccc3)CCC2)CC1. The number of hydrogen-bond acceptors (Lipinski definition) is 4. The van der Waals surface area contributed by atoms with Crippen molar-refractivity contribution < 1.29 is 13.2 Å². The minimum atomic E-state index is -3.25. The van der Waals surface area contributed by atoms with Crippen molar-refractivity contribution in [2.75, 3.05) is 26.7 Å². The maximum absolute atomic E-state index is 13.3. The zero-order valence-electron chi connectivity index (χ0n) is 17.9. The van der Waals surface area contributed by atoms with Crippen LogP contribution in [0.25, 0.3) is 0 Å². The molecule has 0 N–H and O–H groups in total. The monoisotopic (exact) mass is 427 g/mol. The Morgan fingerprint density at radius 1 is 1.00 bits per heavy atom. The number of piperidine rings is 1. The molecule has 1 aliphatic carbocycles. The van der Waals surface area contributed by atoms with Gasteiger partial charge in [-0.25, -0.2) is 8.42 Å². The molecule has 0 aromatic heterocycles. The Kier molecular flexibility index (Phi) is 6.49. The number of para-hydroxylation sites is 1. The van der Waals surface area contributed by atoms with Gasteiger partial charge in [0.1, 0.15) is 5.75 Å². The average molecular weight is 428 g/mol. The van der Waals surface area contributed by atoms with Gasteiger partial charge < -0.3 is 9.64 Å². The minimum absolute atomic E-state index is 0.488. The molecule has 2 aliphatic rings. The van der Waals surface area contributed by atoms with Crippen molar-refractivity contribution in [2.45, 2.75) is 60.5 Å². The molecule has 1 saturated heterocycles. The lowest BCUT2D eigenvalue weighted by atomic mass is 9.80. The third kappa shape index (κ3) is 4.15. The number of methoxy groups -OCH3 is 1. The summed E-state index contributed by atoms with van der Waals surface area (Å²) < 4.78 is 31.5. The molecule has 4 nitrogen and oxygen atoms in total. The Balaban J connectivity index is 1.31. The molecule has 0 radical (unpaired) electrons. The number of ether oxygens (including phenoxy) is 1. The van der Waals surface area contributed by atoms with E-state index in [0.29, 0.717) is 10.8 Å². The molecule has 1 heterocycles. The number of nitrogens with zero attached hydrogens (tertiary/aromatic N) is 1. The van der Waals surface area contributed by atoms with Crippen LogP contribution in [0.1, 0.15) is 56.4 Å². The summed E-state index contributed by atoms with van der Waals surface area (Å²) in [5.41, 5.74) is 1.32. The van der Waals surface area contributed by atoms with Gasteiger partial charge in [-0.1, -0.05) is 42.8 Å². The predicted molar refractivity (Wildman–Crippen MR) is 121 cm³/mol. The topological polar surface area (TPSA) is 46.6 Å². The number of likely N-dealkylation sites (tertiary alicyclic amines) is 1. The lowest BCUT2D eigenvalue weighted by molar-refractivity contribution is 0.198. The lowest BCUT2D eigenvalue weighted by Gasteiger charge is -2.42. The summed E-state index contributed by atoms with van der Waals surface area (Å²) >= 11 is 0. The first kappa shape index (κ1) is 21.4. The molecule has 2 aromatic carbocycles. The first-order chi connectivity index (χ1) is 14.6. The summed E-state index contributed by atoms with van der Waals surface area (Å²) in [5.74, 6) is 1.54. The molecule has 0 bridgehead atoms. The number of hydrogen-bond donors (Lipinski definition) is 0. The van der Waals surface area contributed by atoms with E-state index in [9.17, 15) is 8.42 Å². The van der Waals surface area contributed by atoms with E-state index in [1.54, 1.807) is 19.2 Å². The van der Waals surface area contributed by atoms with E-state index in [-0.39, 0.29) is 0 Å². The number of rotatable bonds is 8. The van der Waals surface area contributed by atoms with Gasteiger partial charge in [-0.2, -0.15) is 0 Å². The largest absolute Gasteiger partial charge is 0.496 e. The highest BCUT2D eigenvalue weighted by Crippen LogP contribution is 2.46. The van der Waals surface area contributed by atoms with E-state index in [1.807, 2.05) is 30.3 Å². The molecule has 0 unspecified atom stereocenters. The van der Waals surface area contributed by atoms with Crippen molar-refractivity contribution >= 4 is 9.84 Å². The van der Waals surface area contributed by atoms with Crippen LogP contribution in [-0.4, -0.2) is 44.8 Å². The Morgan fingerprint density at radius 3 is 2.30 bits per heavy atom. The van der Waals surface area contributed by atoms with Crippen LogP contribution < -0.4 is 4.74 Å². The van der Waals surface area contributed by atoms with E-state index in [0.717, 1.165) is 70.3 Å². The molecule has 2 aromatic rings. The Bertz CT molecular complexity index is 930. The van der Waals surface area contributed by atoms with Crippen LogP contribution in [0.15, 0.2) is 59.5 Å². The Morgan fingerprint density at radius 2 is 1.67 bits per heavy atom. The first-order valence-electron chi connectivity index (χ1n) is 11.2. The van der Waals surface area contributed by atoms with Crippen LogP contribution in [0, 0.1) is 0 Å². The van der Waals surface area contributed by atoms with Gasteiger partial charge in [-0.05, 0) is 87.8 Å². The van der Waals surface area contributed by atoms with E-state index in [1.165, 1.54) is 5.56 Å². The highest BCUT2D eigenvalue weighted by Gasteiger charge is 2.48. The molecular weight excluding hydrogens is 394 g/mol. The molecular formula is C25H33NO3S. The molecule has 30 heavy (non-hydrogen) atoms. The summed E-state index contributed by atoms with van der Waals surface area (Å²) in [4.78, 5) is 3.00. The van der Waals surface area contributed by atoms with Crippen LogP contribution in [-0.2, 0) is 9.84 Å². The van der Waals surface area contributed by atoms with Gasteiger partial charge in [0.25, 0.3) is 0 Å². The summed E-state index contributed by atoms with van der Waals surface area (Å²) in [6, 6.07) is 17.4. The van der Waals surface area contributed by atoms with E-state index in [4.69, 9.17) is 4.74 Å². The second-order valence-corrected chi connectivity index (χ2v) is 11.2. The van der Waals surface area contributed by atoms with Gasteiger partial charge in [0, 0.05) is 0 Å². The highest BCUT2D eigenvalue weighted by molar-refractivity contribution is 7.93. The Hall–Kier alpha value is -1.85. The minimum Gasteiger partial charge on any atom is -0.496 e.